The van der Waals surface area contributed by atoms with Gasteiger partial charge in [-0.2, -0.15) is 0 Å². The second-order valence-electron chi connectivity index (χ2n) is 4.38. The molecule has 0 amide bonds. The number of thiophene rings is 1. The molecule has 92 valence electrons. The predicted molar refractivity (Wildman–Crippen MR) is 79.2 cm³/mol. The molecule has 0 saturated heterocycles. The van der Waals surface area contributed by atoms with Gasteiger partial charge in [0.2, 0.25) is 5.90 Å². The standard InChI is InChI=1S/C14H12BrNOS/c1-14(9-15)10-5-2-3-6-11(10)16-13(17-14)12-7-4-8-18-12/h2-8H,9H2,1H3. The van der Waals surface area contributed by atoms with Gasteiger partial charge in [-0.3, -0.25) is 0 Å². The third-order valence-electron chi connectivity index (χ3n) is 3.00. The van der Waals surface area contributed by atoms with Crippen LogP contribution in [-0.4, -0.2) is 11.2 Å². The number of rotatable bonds is 2. The van der Waals surface area contributed by atoms with Crippen molar-refractivity contribution in [1.82, 2.24) is 0 Å². The number of halogens is 1. The first-order valence-electron chi connectivity index (χ1n) is 5.70. The highest BCUT2D eigenvalue weighted by molar-refractivity contribution is 9.09. The van der Waals surface area contributed by atoms with E-state index in [2.05, 4.69) is 33.9 Å². The fourth-order valence-corrected chi connectivity index (χ4v) is 3.09. The van der Waals surface area contributed by atoms with Crippen LogP contribution < -0.4 is 0 Å². The molecule has 1 aromatic carbocycles. The summed E-state index contributed by atoms with van der Waals surface area (Å²) in [6.07, 6.45) is 0. The summed E-state index contributed by atoms with van der Waals surface area (Å²) in [6, 6.07) is 12.2. The topological polar surface area (TPSA) is 21.6 Å². The second kappa shape index (κ2) is 4.52. The Bertz CT molecular complexity index is 594. The Kier molecular flexibility index (Phi) is 2.99. The molecule has 1 unspecified atom stereocenters. The number of para-hydroxylation sites is 1. The quantitative estimate of drug-likeness (QED) is 0.748. The van der Waals surface area contributed by atoms with Gasteiger partial charge in [-0.05, 0) is 24.4 Å². The van der Waals surface area contributed by atoms with Gasteiger partial charge < -0.3 is 4.74 Å². The van der Waals surface area contributed by atoms with Crippen LogP contribution in [0.5, 0.6) is 0 Å². The van der Waals surface area contributed by atoms with Gasteiger partial charge in [0, 0.05) is 10.9 Å². The van der Waals surface area contributed by atoms with Crippen molar-refractivity contribution in [2.75, 3.05) is 5.33 Å². The number of hydrogen-bond donors (Lipinski definition) is 0. The highest BCUT2D eigenvalue weighted by atomic mass is 79.9. The van der Waals surface area contributed by atoms with Gasteiger partial charge in [0.05, 0.1) is 10.6 Å². The van der Waals surface area contributed by atoms with Gasteiger partial charge in [0.25, 0.3) is 0 Å². The number of alkyl halides is 1. The molecule has 1 aliphatic heterocycles. The smallest absolute Gasteiger partial charge is 0.232 e. The lowest BCUT2D eigenvalue weighted by Gasteiger charge is -2.33. The summed E-state index contributed by atoms with van der Waals surface area (Å²) in [5, 5.41) is 2.77. The minimum absolute atomic E-state index is 0.363. The molecule has 3 rings (SSSR count). The Balaban J connectivity index is 2.15. The van der Waals surface area contributed by atoms with Crippen molar-refractivity contribution in [1.29, 1.82) is 0 Å². The third kappa shape index (κ3) is 1.89. The molecule has 1 atom stereocenters. The van der Waals surface area contributed by atoms with Crippen LogP contribution in [0, 0.1) is 0 Å². The zero-order valence-electron chi connectivity index (χ0n) is 9.89. The highest BCUT2D eigenvalue weighted by Gasteiger charge is 2.35. The minimum atomic E-state index is -0.363. The predicted octanol–water partition coefficient (Wildman–Crippen LogP) is 4.47. The van der Waals surface area contributed by atoms with Gasteiger partial charge >= 0.3 is 0 Å². The summed E-state index contributed by atoms with van der Waals surface area (Å²) in [7, 11) is 0. The molecule has 2 aromatic rings. The monoisotopic (exact) mass is 321 g/mol. The minimum Gasteiger partial charge on any atom is -0.464 e. The maximum absolute atomic E-state index is 6.11. The zero-order chi connectivity index (χ0) is 12.6. The van der Waals surface area contributed by atoms with Crippen molar-refractivity contribution in [3.63, 3.8) is 0 Å². The molecule has 0 bridgehead atoms. The molecule has 0 N–H and O–H groups in total. The van der Waals surface area contributed by atoms with Crippen LogP contribution in [0.1, 0.15) is 17.4 Å². The molecule has 0 fully saturated rings. The van der Waals surface area contributed by atoms with Crippen LogP contribution in [0.2, 0.25) is 0 Å². The Morgan fingerprint density at radius 3 is 2.83 bits per heavy atom. The largest absolute Gasteiger partial charge is 0.464 e. The molecule has 18 heavy (non-hydrogen) atoms. The number of benzene rings is 1. The van der Waals surface area contributed by atoms with E-state index < -0.39 is 0 Å². The average molecular weight is 322 g/mol. The summed E-state index contributed by atoms with van der Waals surface area (Å²) in [5.74, 6) is 0.714. The third-order valence-corrected chi connectivity index (χ3v) is 4.93. The van der Waals surface area contributed by atoms with Crippen molar-refractivity contribution >= 4 is 38.9 Å². The molecule has 0 spiro atoms. The summed E-state index contributed by atoms with van der Waals surface area (Å²) >= 11 is 5.20. The van der Waals surface area contributed by atoms with Crippen molar-refractivity contribution < 1.29 is 4.74 Å². The first-order valence-corrected chi connectivity index (χ1v) is 7.70. The fraction of sp³-hybridized carbons (Fsp3) is 0.214. The van der Waals surface area contributed by atoms with Gasteiger partial charge in [0.1, 0.15) is 5.60 Å². The van der Waals surface area contributed by atoms with E-state index in [1.807, 2.05) is 35.7 Å². The maximum atomic E-state index is 6.11. The number of aliphatic imine (C=N–C) groups is 1. The van der Waals surface area contributed by atoms with Gasteiger partial charge in [-0.1, -0.05) is 40.2 Å². The molecular weight excluding hydrogens is 310 g/mol. The van der Waals surface area contributed by atoms with Crippen molar-refractivity contribution in [2.24, 2.45) is 4.99 Å². The lowest BCUT2D eigenvalue weighted by molar-refractivity contribution is 0.0984. The maximum Gasteiger partial charge on any atom is 0.232 e. The first-order chi connectivity index (χ1) is 8.73. The van der Waals surface area contributed by atoms with Crippen LogP contribution in [0.25, 0.3) is 0 Å². The van der Waals surface area contributed by atoms with Crippen molar-refractivity contribution in [3.05, 3.63) is 52.2 Å². The lowest BCUT2D eigenvalue weighted by Crippen LogP contribution is -2.33. The number of ether oxygens (including phenoxy) is 1. The molecule has 2 heterocycles. The molecule has 0 aliphatic carbocycles. The summed E-state index contributed by atoms with van der Waals surface area (Å²) in [4.78, 5) is 5.68. The molecule has 1 aliphatic rings. The van der Waals surface area contributed by atoms with Crippen LogP contribution >= 0.6 is 27.3 Å². The Morgan fingerprint density at radius 1 is 1.28 bits per heavy atom. The first kappa shape index (κ1) is 11.9. The summed E-state index contributed by atoms with van der Waals surface area (Å²) in [5.41, 5.74) is 1.76. The van der Waals surface area contributed by atoms with E-state index in [4.69, 9.17) is 4.74 Å². The Hall–Kier alpha value is -1.13. The normalized spacial score (nSPS) is 22.0. The Labute approximate surface area is 118 Å². The fourth-order valence-electron chi connectivity index (χ4n) is 2.02. The Morgan fingerprint density at radius 2 is 2.11 bits per heavy atom. The van der Waals surface area contributed by atoms with E-state index in [0.717, 1.165) is 21.5 Å². The molecular formula is C14H12BrNOS. The average Bonchev–Trinajstić information content (AvgIpc) is 2.93. The number of nitrogens with zero attached hydrogens (tertiary/aromatic N) is 1. The number of hydrogen-bond acceptors (Lipinski definition) is 3. The van der Waals surface area contributed by atoms with Crippen LogP contribution in [0.4, 0.5) is 5.69 Å². The number of fused-ring (bicyclic) bond motifs is 1. The molecule has 2 nitrogen and oxygen atoms in total. The van der Waals surface area contributed by atoms with E-state index in [9.17, 15) is 0 Å². The van der Waals surface area contributed by atoms with E-state index in [0.29, 0.717) is 5.90 Å². The van der Waals surface area contributed by atoms with Gasteiger partial charge in [0.15, 0.2) is 0 Å². The van der Waals surface area contributed by atoms with E-state index >= 15 is 0 Å². The second-order valence-corrected chi connectivity index (χ2v) is 5.89. The molecule has 0 radical (unpaired) electrons. The lowest BCUT2D eigenvalue weighted by atomic mass is 9.95. The SMILES string of the molecule is CC1(CBr)OC(c2cccs2)=Nc2ccccc21. The van der Waals surface area contributed by atoms with Crippen molar-refractivity contribution in [3.8, 4) is 0 Å². The van der Waals surface area contributed by atoms with Gasteiger partial charge in [-0.25, -0.2) is 4.99 Å². The van der Waals surface area contributed by atoms with E-state index in [-0.39, 0.29) is 5.60 Å². The summed E-state index contributed by atoms with van der Waals surface area (Å²) < 4.78 is 6.11. The van der Waals surface area contributed by atoms with Crippen LogP contribution in [-0.2, 0) is 10.3 Å². The molecule has 0 saturated carbocycles. The molecule has 1 aromatic heterocycles. The van der Waals surface area contributed by atoms with E-state index in [1.165, 1.54) is 0 Å². The van der Waals surface area contributed by atoms with Crippen LogP contribution in [0.3, 0.4) is 0 Å². The van der Waals surface area contributed by atoms with E-state index in [1.54, 1.807) is 11.3 Å². The zero-order valence-corrected chi connectivity index (χ0v) is 12.3. The summed E-state index contributed by atoms with van der Waals surface area (Å²) in [6.45, 7) is 2.09. The van der Waals surface area contributed by atoms with Crippen LogP contribution in [0.15, 0.2) is 46.8 Å². The molecule has 4 heteroatoms. The van der Waals surface area contributed by atoms with Crippen molar-refractivity contribution in [2.45, 2.75) is 12.5 Å². The van der Waals surface area contributed by atoms with Gasteiger partial charge in [-0.15, -0.1) is 11.3 Å². The highest BCUT2D eigenvalue weighted by Crippen LogP contribution is 2.39.